The van der Waals surface area contributed by atoms with Gasteiger partial charge in [-0.05, 0) is 62.4 Å². The molecule has 4 rings (SSSR count). The number of hydrogen-bond donors (Lipinski definition) is 0. The standard InChI is InChI=1S/C25H19BrFNO5/c1-13(2)28(24(30)16-6-5-15(26)9-20(16)27)21-10-18-17-8-14(12-29)4-7-22(17)33-23(18)11-19(21)25(31)32-3/h4-13H,1-3H3. The van der Waals surface area contributed by atoms with E-state index < -0.39 is 23.7 Å². The van der Waals surface area contributed by atoms with Gasteiger partial charge in [0.15, 0.2) is 0 Å². The van der Waals surface area contributed by atoms with Gasteiger partial charge in [-0.15, -0.1) is 0 Å². The average Bonchev–Trinajstić information content (AvgIpc) is 3.14. The number of ether oxygens (including phenoxy) is 1. The summed E-state index contributed by atoms with van der Waals surface area (Å²) >= 11 is 3.19. The van der Waals surface area contributed by atoms with Gasteiger partial charge in [-0.2, -0.15) is 0 Å². The van der Waals surface area contributed by atoms with Crippen molar-refractivity contribution in [2.45, 2.75) is 19.9 Å². The zero-order valence-electron chi connectivity index (χ0n) is 18.0. The fourth-order valence-electron chi connectivity index (χ4n) is 3.79. The largest absolute Gasteiger partial charge is 0.465 e. The number of carbonyl (C=O) groups excluding carboxylic acids is 3. The second-order valence-electron chi connectivity index (χ2n) is 7.73. The van der Waals surface area contributed by atoms with Gasteiger partial charge in [0.1, 0.15) is 23.3 Å². The van der Waals surface area contributed by atoms with Crippen molar-refractivity contribution in [3.8, 4) is 0 Å². The number of halogens is 2. The monoisotopic (exact) mass is 511 g/mol. The Morgan fingerprint density at radius 1 is 1.03 bits per heavy atom. The molecule has 0 saturated carbocycles. The molecule has 0 spiro atoms. The number of methoxy groups -OCH3 is 1. The Bertz CT molecular complexity index is 1430. The Kier molecular flexibility index (Phi) is 6.03. The van der Waals surface area contributed by atoms with Crippen molar-refractivity contribution in [2.24, 2.45) is 0 Å². The number of rotatable bonds is 5. The van der Waals surface area contributed by atoms with Gasteiger partial charge in [0, 0.05) is 26.9 Å². The number of aldehydes is 1. The van der Waals surface area contributed by atoms with Gasteiger partial charge < -0.3 is 14.1 Å². The smallest absolute Gasteiger partial charge is 0.340 e. The predicted octanol–water partition coefficient (Wildman–Crippen LogP) is 6.14. The Morgan fingerprint density at radius 2 is 1.76 bits per heavy atom. The van der Waals surface area contributed by atoms with E-state index in [9.17, 15) is 18.8 Å². The van der Waals surface area contributed by atoms with Gasteiger partial charge >= 0.3 is 5.97 Å². The fraction of sp³-hybridized carbons (Fsp3) is 0.160. The first-order chi connectivity index (χ1) is 15.7. The summed E-state index contributed by atoms with van der Waals surface area (Å²) in [4.78, 5) is 38.8. The van der Waals surface area contributed by atoms with E-state index >= 15 is 0 Å². The molecule has 33 heavy (non-hydrogen) atoms. The van der Waals surface area contributed by atoms with Crippen LogP contribution in [0.3, 0.4) is 0 Å². The highest BCUT2D eigenvalue weighted by atomic mass is 79.9. The third-order valence-electron chi connectivity index (χ3n) is 5.31. The van der Waals surface area contributed by atoms with Crippen LogP contribution in [0.5, 0.6) is 0 Å². The lowest BCUT2D eigenvalue weighted by molar-refractivity contribution is 0.0601. The molecule has 3 aromatic carbocycles. The molecule has 0 aliphatic heterocycles. The van der Waals surface area contributed by atoms with Crippen LogP contribution in [-0.2, 0) is 4.74 Å². The molecule has 8 heteroatoms. The number of fused-ring (bicyclic) bond motifs is 3. The fourth-order valence-corrected chi connectivity index (χ4v) is 4.12. The number of benzene rings is 3. The van der Waals surface area contributed by atoms with E-state index in [2.05, 4.69) is 15.9 Å². The normalized spacial score (nSPS) is 11.2. The molecule has 0 fully saturated rings. The van der Waals surface area contributed by atoms with Crippen molar-refractivity contribution < 1.29 is 27.9 Å². The number of carbonyl (C=O) groups is 3. The minimum atomic E-state index is -0.690. The number of furan rings is 1. The van der Waals surface area contributed by atoms with E-state index in [0.29, 0.717) is 32.0 Å². The van der Waals surface area contributed by atoms with E-state index in [1.807, 2.05) is 0 Å². The van der Waals surface area contributed by atoms with Gasteiger partial charge in [0.2, 0.25) is 0 Å². The molecule has 1 aromatic heterocycles. The van der Waals surface area contributed by atoms with Crippen LogP contribution in [0, 0.1) is 5.82 Å². The van der Waals surface area contributed by atoms with Crippen LogP contribution < -0.4 is 4.90 Å². The maximum atomic E-state index is 14.6. The van der Waals surface area contributed by atoms with Crippen molar-refractivity contribution in [3.63, 3.8) is 0 Å². The quantitative estimate of drug-likeness (QED) is 0.237. The third-order valence-corrected chi connectivity index (χ3v) is 5.80. The molecule has 1 amide bonds. The summed E-state index contributed by atoms with van der Waals surface area (Å²) in [6.07, 6.45) is 0.724. The molecule has 1 heterocycles. The van der Waals surface area contributed by atoms with Crippen LogP contribution in [0.4, 0.5) is 10.1 Å². The lowest BCUT2D eigenvalue weighted by Crippen LogP contribution is -2.38. The van der Waals surface area contributed by atoms with Crippen molar-refractivity contribution in [1.82, 2.24) is 0 Å². The predicted molar refractivity (Wildman–Crippen MR) is 126 cm³/mol. The van der Waals surface area contributed by atoms with Crippen LogP contribution in [0.2, 0.25) is 0 Å². The molecular weight excluding hydrogens is 493 g/mol. The molecule has 0 radical (unpaired) electrons. The Morgan fingerprint density at radius 3 is 2.39 bits per heavy atom. The maximum absolute atomic E-state index is 14.6. The van der Waals surface area contributed by atoms with E-state index in [-0.39, 0.29) is 16.8 Å². The van der Waals surface area contributed by atoms with Gasteiger partial charge in [0.05, 0.1) is 23.9 Å². The van der Waals surface area contributed by atoms with Crippen molar-refractivity contribution >= 4 is 61.7 Å². The molecule has 0 aliphatic rings. The molecule has 4 aromatic rings. The molecular formula is C25H19BrFNO5. The minimum Gasteiger partial charge on any atom is -0.465 e. The zero-order chi connectivity index (χ0) is 23.9. The Labute approximate surface area is 197 Å². The SMILES string of the molecule is COC(=O)c1cc2oc3ccc(C=O)cc3c2cc1N(C(=O)c1ccc(Br)cc1F)C(C)C. The number of hydrogen-bond acceptors (Lipinski definition) is 5. The highest BCUT2D eigenvalue weighted by molar-refractivity contribution is 9.10. The minimum absolute atomic E-state index is 0.0965. The van der Waals surface area contributed by atoms with E-state index in [0.717, 1.165) is 6.29 Å². The summed E-state index contributed by atoms with van der Waals surface area (Å²) < 4.78 is 26.0. The summed E-state index contributed by atoms with van der Waals surface area (Å²) in [6.45, 7) is 3.52. The van der Waals surface area contributed by atoms with Crippen molar-refractivity contribution in [1.29, 1.82) is 0 Å². The van der Waals surface area contributed by atoms with E-state index in [1.165, 1.54) is 30.2 Å². The molecule has 0 atom stereocenters. The summed E-state index contributed by atoms with van der Waals surface area (Å²) in [6, 6.07) is 11.8. The second-order valence-corrected chi connectivity index (χ2v) is 8.64. The highest BCUT2D eigenvalue weighted by Gasteiger charge is 2.29. The van der Waals surface area contributed by atoms with Crippen LogP contribution in [0.1, 0.15) is 44.9 Å². The summed E-state index contributed by atoms with van der Waals surface area (Å²) in [5.41, 5.74) is 1.57. The number of anilines is 1. The lowest BCUT2D eigenvalue weighted by Gasteiger charge is -2.28. The van der Waals surface area contributed by atoms with E-state index in [1.54, 1.807) is 44.2 Å². The molecule has 168 valence electrons. The Hall–Kier alpha value is -3.52. The third kappa shape index (κ3) is 4.02. The maximum Gasteiger partial charge on any atom is 0.340 e. The number of esters is 1. The van der Waals surface area contributed by atoms with Gasteiger partial charge in [0.25, 0.3) is 5.91 Å². The molecule has 0 saturated heterocycles. The highest BCUT2D eigenvalue weighted by Crippen LogP contribution is 2.36. The Balaban J connectivity index is 2.00. The summed E-state index contributed by atoms with van der Waals surface area (Å²) in [7, 11) is 1.24. The van der Waals surface area contributed by atoms with Crippen LogP contribution in [0.25, 0.3) is 21.9 Å². The summed E-state index contributed by atoms with van der Waals surface area (Å²) in [5.74, 6) is -1.97. The summed E-state index contributed by atoms with van der Waals surface area (Å²) in [5, 5.41) is 1.25. The first-order valence-corrected chi connectivity index (χ1v) is 10.9. The van der Waals surface area contributed by atoms with Crippen LogP contribution in [0.15, 0.2) is 57.4 Å². The van der Waals surface area contributed by atoms with Crippen LogP contribution >= 0.6 is 15.9 Å². The average molecular weight is 512 g/mol. The molecule has 0 N–H and O–H groups in total. The molecule has 0 bridgehead atoms. The molecule has 0 unspecified atom stereocenters. The molecule has 0 aliphatic carbocycles. The van der Waals surface area contributed by atoms with Crippen LogP contribution in [-0.4, -0.2) is 31.3 Å². The first kappa shape index (κ1) is 22.7. The van der Waals surface area contributed by atoms with E-state index in [4.69, 9.17) is 9.15 Å². The zero-order valence-corrected chi connectivity index (χ0v) is 19.6. The number of nitrogens with zero attached hydrogens (tertiary/aromatic N) is 1. The van der Waals surface area contributed by atoms with Crippen molar-refractivity contribution in [2.75, 3.05) is 12.0 Å². The molecule has 6 nitrogen and oxygen atoms in total. The second kappa shape index (κ2) is 8.78. The van der Waals surface area contributed by atoms with Crippen molar-refractivity contribution in [3.05, 3.63) is 75.5 Å². The lowest BCUT2D eigenvalue weighted by atomic mass is 10.0. The topological polar surface area (TPSA) is 76.8 Å². The van der Waals surface area contributed by atoms with Gasteiger partial charge in [-0.1, -0.05) is 15.9 Å². The first-order valence-electron chi connectivity index (χ1n) is 10.1. The van der Waals surface area contributed by atoms with Gasteiger partial charge in [-0.3, -0.25) is 9.59 Å². The van der Waals surface area contributed by atoms with Gasteiger partial charge in [-0.25, -0.2) is 9.18 Å². The number of amides is 1.